The van der Waals surface area contributed by atoms with Gasteiger partial charge < -0.3 is 10.4 Å². The fraction of sp³-hybridized carbons (Fsp3) is 0.500. The minimum absolute atomic E-state index is 0.0799. The zero-order chi connectivity index (χ0) is 14.5. The number of carboxylic acids is 1. The molecule has 2 N–H and O–H groups in total. The summed E-state index contributed by atoms with van der Waals surface area (Å²) in [6.45, 7) is 1.47. The normalized spacial score (nSPS) is 15.7. The molecule has 0 heterocycles. The molecule has 1 amide bonds. The van der Waals surface area contributed by atoms with Gasteiger partial charge in [-0.05, 0) is 42.7 Å². The molecule has 1 aliphatic rings. The van der Waals surface area contributed by atoms with Gasteiger partial charge >= 0.3 is 5.97 Å². The van der Waals surface area contributed by atoms with Gasteiger partial charge in [0.25, 0.3) is 0 Å². The van der Waals surface area contributed by atoms with Crippen LogP contribution in [0.3, 0.4) is 0 Å². The minimum atomic E-state index is -0.823. The van der Waals surface area contributed by atoms with Crippen LogP contribution in [0.4, 0.5) is 0 Å². The lowest BCUT2D eigenvalue weighted by Gasteiger charge is -2.19. The summed E-state index contributed by atoms with van der Waals surface area (Å²) >= 11 is 0. The number of aliphatic carboxylic acids is 1. The Morgan fingerprint density at radius 1 is 1.35 bits per heavy atom. The number of benzene rings is 1. The van der Waals surface area contributed by atoms with Gasteiger partial charge in [0, 0.05) is 19.4 Å². The van der Waals surface area contributed by atoms with Gasteiger partial charge in [-0.1, -0.05) is 24.3 Å². The van der Waals surface area contributed by atoms with E-state index in [4.69, 9.17) is 5.11 Å². The Bertz CT molecular complexity index is 494. The number of hydrogen-bond donors (Lipinski definition) is 2. The van der Waals surface area contributed by atoms with Crippen LogP contribution in [-0.2, 0) is 16.0 Å². The monoisotopic (exact) mass is 275 g/mol. The van der Waals surface area contributed by atoms with E-state index in [-0.39, 0.29) is 18.4 Å². The standard InChI is InChI=1S/C16H21NO3/c1-11(18)17-14(8-9-16(19)20)10-13-4-2-3-5-15(13)12-6-7-12/h2-5,12,14H,6-10H2,1H3,(H,17,18)(H,19,20). The Labute approximate surface area is 119 Å². The summed E-state index contributed by atoms with van der Waals surface area (Å²) in [4.78, 5) is 22.0. The van der Waals surface area contributed by atoms with Crippen molar-refractivity contribution in [3.63, 3.8) is 0 Å². The summed E-state index contributed by atoms with van der Waals surface area (Å²) in [5, 5.41) is 11.7. The van der Waals surface area contributed by atoms with E-state index in [0.717, 1.165) is 0 Å². The van der Waals surface area contributed by atoms with Crippen LogP contribution in [0, 0.1) is 0 Å². The molecule has 1 aliphatic carbocycles. The van der Waals surface area contributed by atoms with E-state index in [0.29, 0.717) is 18.8 Å². The number of carbonyl (C=O) groups excluding carboxylic acids is 1. The van der Waals surface area contributed by atoms with Crippen molar-refractivity contribution in [2.45, 2.75) is 51.0 Å². The largest absolute Gasteiger partial charge is 0.481 e. The maximum absolute atomic E-state index is 11.3. The van der Waals surface area contributed by atoms with Gasteiger partial charge in [-0.2, -0.15) is 0 Å². The molecule has 1 aromatic carbocycles. The Hall–Kier alpha value is -1.84. The number of nitrogens with one attached hydrogen (secondary N) is 1. The van der Waals surface area contributed by atoms with Crippen LogP contribution in [0.5, 0.6) is 0 Å². The lowest BCUT2D eigenvalue weighted by Crippen LogP contribution is -2.35. The highest BCUT2D eigenvalue weighted by molar-refractivity contribution is 5.73. The van der Waals surface area contributed by atoms with E-state index in [1.807, 2.05) is 12.1 Å². The van der Waals surface area contributed by atoms with E-state index < -0.39 is 5.97 Å². The number of rotatable bonds is 7. The molecule has 0 aliphatic heterocycles. The predicted molar refractivity (Wildman–Crippen MR) is 76.6 cm³/mol. The smallest absolute Gasteiger partial charge is 0.303 e. The third-order valence-corrected chi connectivity index (χ3v) is 3.65. The SMILES string of the molecule is CC(=O)NC(CCC(=O)O)Cc1ccccc1C1CC1. The van der Waals surface area contributed by atoms with Crippen LogP contribution in [0.25, 0.3) is 0 Å². The highest BCUT2D eigenvalue weighted by Crippen LogP contribution is 2.41. The number of hydrogen-bond acceptors (Lipinski definition) is 2. The number of carbonyl (C=O) groups is 2. The van der Waals surface area contributed by atoms with Gasteiger partial charge in [-0.15, -0.1) is 0 Å². The number of carboxylic acid groups (broad SMARTS) is 1. The summed E-state index contributed by atoms with van der Waals surface area (Å²) in [6, 6.07) is 8.17. The predicted octanol–water partition coefficient (Wildman–Crippen LogP) is 2.48. The average molecular weight is 275 g/mol. The summed E-state index contributed by atoms with van der Waals surface area (Å²) < 4.78 is 0. The average Bonchev–Trinajstić information content (AvgIpc) is 3.20. The second-order valence-electron chi connectivity index (χ2n) is 5.51. The zero-order valence-corrected chi connectivity index (χ0v) is 11.8. The highest BCUT2D eigenvalue weighted by Gasteiger charge is 2.26. The quantitative estimate of drug-likeness (QED) is 0.803. The van der Waals surface area contributed by atoms with Gasteiger partial charge in [-0.3, -0.25) is 9.59 Å². The van der Waals surface area contributed by atoms with Gasteiger partial charge in [-0.25, -0.2) is 0 Å². The van der Waals surface area contributed by atoms with Crippen molar-refractivity contribution in [2.24, 2.45) is 0 Å². The molecule has 1 unspecified atom stereocenters. The van der Waals surface area contributed by atoms with Crippen LogP contribution >= 0.6 is 0 Å². The van der Waals surface area contributed by atoms with Gasteiger partial charge in [0.15, 0.2) is 0 Å². The summed E-state index contributed by atoms with van der Waals surface area (Å²) in [5.41, 5.74) is 2.59. The maximum atomic E-state index is 11.3. The first-order valence-corrected chi connectivity index (χ1v) is 7.13. The molecule has 1 saturated carbocycles. The van der Waals surface area contributed by atoms with Crippen LogP contribution in [0.15, 0.2) is 24.3 Å². The van der Waals surface area contributed by atoms with Crippen molar-refractivity contribution in [1.29, 1.82) is 0 Å². The summed E-state index contributed by atoms with van der Waals surface area (Å²) in [7, 11) is 0. The summed E-state index contributed by atoms with van der Waals surface area (Å²) in [5.74, 6) is -0.274. The maximum Gasteiger partial charge on any atom is 0.303 e. The second-order valence-corrected chi connectivity index (χ2v) is 5.51. The molecule has 0 aromatic heterocycles. The van der Waals surface area contributed by atoms with Crippen molar-refractivity contribution < 1.29 is 14.7 Å². The molecule has 0 spiro atoms. The first kappa shape index (κ1) is 14.6. The Kier molecular flexibility index (Phi) is 4.77. The van der Waals surface area contributed by atoms with E-state index in [9.17, 15) is 9.59 Å². The molecule has 0 bridgehead atoms. The second kappa shape index (κ2) is 6.55. The van der Waals surface area contributed by atoms with Crippen LogP contribution in [-0.4, -0.2) is 23.0 Å². The van der Waals surface area contributed by atoms with Gasteiger partial charge in [0.1, 0.15) is 0 Å². The molecular weight excluding hydrogens is 254 g/mol. The minimum Gasteiger partial charge on any atom is -0.481 e. The molecule has 108 valence electrons. The fourth-order valence-corrected chi connectivity index (χ4v) is 2.59. The lowest BCUT2D eigenvalue weighted by molar-refractivity contribution is -0.137. The van der Waals surface area contributed by atoms with Crippen molar-refractivity contribution in [3.05, 3.63) is 35.4 Å². The fourth-order valence-electron chi connectivity index (χ4n) is 2.59. The first-order chi connectivity index (χ1) is 9.56. The highest BCUT2D eigenvalue weighted by atomic mass is 16.4. The molecule has 1 fully saturated rings. The molecule has 4 nitrogen and oxygen atoms in total. The van der Waals surface area contributed by atoms with E-state index in [2.05, 4.69) is 17.4 Å². The van der Waals surface area contributed by atoms with Crippen molar-refractivity contribution >= 4 is 11.9 Å². The molecular formula is C16H21NO3. The molecule has 0 saturated heterocycles. The molecule has 1 aromatic rings. The lowest BCUT2D eigenvalue weighted by atomic mass is 9.95. The first-order valence-electron chi connectivity index (χ1n) is 7.13. The Morgan fingerprint density at radius 2 is 2.05 bits per heavy atom. The molecule has 2 rings (SSSR count). The molecule has 0 radical (unpaired) electrons. The van der Waals surface area contributed by atoms with Crippen molar-refractivity contribution in [2.75, 3.05) is 0 Å². The third-order valence-electron chi connectivity index (χ3n) is 3.65. The molecule has 20 heavy (non-hydrogen) atoms. The van der Waals surface area contributed by atoms with Gasteiger partial charge in [0.2, 0.25) is 5.91 Å². The van der Waals surface area contributed by atoms with Crippen LogP contribution in [0.2, 0.25) is 0 Å². The van der Waals surface area contributed by atoms with Crippen LogP contribution in [0.1, 0.15) is 49.7 Å². The van der Waals surface area contributed by atoms with E-state index >= 15 is 0 Å². The Balaban J connectivity index is 2.05. The van der Waals surface area contributed by atoms with Gasteiger partial charge in [0.05, 0.1) is 0 Å². The molecule has 4 heteroatoms. The third kappa shape index (κ3) is 4.37. The van der Waals surface area contributed by atoms with Crippen LogP contribution < -0.4 is 5.32 Å². The Morgan fingerprint density at radius 3 is 2.65 bits per heavy atom. The van der Waals surface area contributed by atoms with Crippen molar-refractivity contribution in [1.82, 2.24) is 5.32 Å². The van der Waals surface area contributed by atoms with Crippen molar-refractivity contribution in [3.8, 4) is 0 Å². The van der Waals surface area contributed by atoms with E-state index in [1.54, 1.807) is 0 Å². The van der Waals surface area contributed by atoms with E-state index in [1.165, 1.54) is 30.9 Å². The zero-order valence-electron chi connectivity index (χ0n) is 11.8. The molecule has 1 atom stereocenters. The number of amides is 1. The summed E-state index contributed by atoms with van der Waals surface area (Å²) in [6.07, 6.45) is 3.72. The topological polar surface area (TPSA) is 66.4 Å².